The Morgan fingerprint density at radius 3 is 2.38 bits per heavy atom. The van der Waals surface area contributed by atoms with Crippen LogP contribution in [0.3, 0.4) is 0 Å². The highest BCUT2D eigenvalue weighted by Gasteiger charge is 2.39. The van der Waals surface area contributed by atoms with Crippen molar-refractivity contribution in [3.63, 3.8) is 0 Å². The molecule has 2 aromatic carbocycles. The van der Waals surface area contributed by atoms with Crippen LogP contribution >= 0.6 is 0 Å². The van der Waals surface area contributed by atoms with Crippen LogP contribution < -0.4 is 20.5 Å². The zero-order chi connectivity index (χ0) is 27.8. The molecule has 0 radical (unpaired) electrons. The predicted molar refractivity (Wildman–Crippen MR) is 136 cm³/mol. The molecule has 39 heavy (non-hydrogen) atoms. The number of aromatic nitrogens is 1. The van der Waals surface area contributed by atoms with Crippen molar-refractivity contribution in [3.05, 3.63) is 111 Å². The second-order valence-corrected chi connectivity index (χ2v) is 9.42. The zero-order valence-electron chi connectivity index (χ0n) is 21.2. The van der Waals surface area contributed by atoms with Gasteiger partial charge in [-0.05, 0) is 19.4 Å². The summed E-state index contributed by atoms with van der Waals surface area (Å²) >= 11 is 0. The second kappa shape index (κ2) is 10.3. The van der Waals surface area contributed by atoms with E-state index >= 15 is 0 Å². The van der Waals surface area contributed by atoms with Gasteiger partial charge in [0.1, 0.15) is 36.3 Å². The summed E-state index contributed by atoms with van der Waals surface area (Å²) in [5.41, 5.74) is -1.10. The van der Waals surface area contributed by atoms with Gasteiger partial charge in [-0.25, -0.2) is 13.2 Å². The number of hydrogen-bond donors (Lipinski definition) is 1. The minimum atomic E-state index is -1.17. The van der Waals surface area contributed by atoms with Crippen molar-refractivity contribution in [2.75, 3.05) is 11.7 Å². The molecule has 3 heterocycles. The Labute approximate surface area is 221 Å². The Kier molecular flexibility index (Phi) is 6.90. The van der Waals surface area contributed by atoms with Gasteiger partial charge in [0.25, 0.3) is 11.8 Å². The highest BCUT2D eigenvalue weighted by Crippen LogP contribution is 2.28. The Morgan fingerprint density at radius 2 is 1.69 bits per heavy atom. The fourth-order valence-corrected chi connectivity index (χ4v) is 4.60. The first-order valence-electron chi connectivity index (χ1n) is 12.3. The predicted octanol–water partition coefficient (Wildman–Crippen LogP) is 3.47. The van der Waals surface area contributed by atoms with Crippen LogP contribution in [-0.4, -0.2) is 40.1 Å². The van der Waals surface area contributed by atoms with Crippen LogP contribution in [0.15, 0.2) is 65.6 Å². The van der Waals surface area contributed by atoms with Crippen molar-refractivity contribution in [1.29, 1.82) is 0 Å². The monoisotopic (exact) mass is 538 g/mol. The Morgan fingerprint density at radius 1 is 1.03 bits per heavy atom. The average Bonchev–Trinajstić information content (AvgIpc) is 3.03. The molecule has 0 aliphatic carbocycles. The number of pyridine rings is 1. The molecule has 5 rings (SSSR count). The van der Waals surface area contributed by atoms with Crippen molar-refractivity contribution >= 4 is 11.8 Å². The van der Waals surface area contributed by atoms with Gasteiger partial charge in [0.05, 0.1) is 6.04 Å². The zero-order valence-corrected chi connectivity index (χ0v) is 21.2. The number of fused-ring (bicyclic) bond motifs is 4. The van der Waals surface area contributed by atoms with Crippen molar-refractivity contribution in [1.82, 2.24) is 14.9 Å². The number of nitrogens with zero attached hydrogens (tertiary/aromatic N) is 3. The largest absolute Gasteiger partial charge is 0.482 e. The summed E-state index contributed by atoms with van der Waals surface area (Å²) in [4.78, 5) is 42.0. The van der Waals surface area contributed by atoms with E-state index in [0.29, 0.717) is 12.1 Å². The Bertz CT molecular complexity index is 1520. The molecule has 0 saturated heterocycles. The van der Waals surface area contributed by atoms with Crippen LogP contribution in [0, 0.1) is 17.5 Å². The van der Waals surface area contributed by atoms with Crippen molar-refractivity contribution in [2.24, 2.45) is 0 Å². The summed E-state index contributed by atoms with van der Waals surface area (Å²) in [6, 6.07) is 9.52. The van der Waals surface area contributed by atoms with Crippen LogP contribution in [0.25, 0.3) is 0 Å². The van der Waals surface area contributed by atoms with Crippen molar-refractivity contribution in [3.8, 4) is 5.75 Å². The van der Waals surface area contributed by atoms with E-state index in [1.807, 2.05) is 32.1 Å². The van der Waals surface area contributed by atoms with E-state index in [0.717, 1.165) is 5.56 Å². The van der Waals surface area contributed by atoms with Crippen LogP contribution in [0.1, 0.15) is 45.8 Å². The van der Waals surface area contributed by atoms with Gasteiger partial charge in [-0.2, -0.15) is 0 Å². The molecule has 2 aliphatic rings. The van der Waals surface area contributed by atoms with E-state index in [-0.39, 0.29) is 42.4 Å². The third-order valence-electron chi connectivity index (χ3n) is 6.82. The van der Waals surface area contributed by atoms with E-state index in [1.54, 1.807) is 34.2 Å². The average molecular weight is 539 g/mol. The number of halogens is 3. The van der Waals surface area contributed by atoms with E-state index in [4.69, 9.17) is 4.74 Å². The lowest BCUT2D eigenvalue weighted by atomic mass is 10.1. The number of carbonyl (C=O) groups is 2. The Balaban J connectivity index is 1.57. The number of carbonyl (C=O) groups excluding carboxylic acids is 2. The fourth-order valence-electron chi connectivity index (χ4n) is 4.60. The standard InChI is InChI=1S/C28H25F3N4O4/c1-16-8-9-17(2)35-15-33(16)28(38)24-26(39-14-18-6-4-3-5-7-18)25(36)21(13-34(24)35)27(37)32-12-20-22(30)10-19(29)11-23(20)31/h3-11,13,16-17H,12,14-15H2,1-2H3,(H,32,37)/t16-,17-/m0/s1. The van der Waals surface area contributed by atoms with Gasteiger partial charge in [-0.15, -0.1) is 0 Å². The SMILES string of the molecule is C[C@H]1C=C[C@H](C)N2CN1C(=O)c1c(OCc3ccccc3)c(=O)c(C(=O)NCc3c(F)cc(F)cc3F)cn12. The molecule has 2 bridgehead atoms. The Hall–Kier alpha value is -4.54. The van der Waals surface area contributed by atoms with Gasteiger partial charge in [-0.1, -0.05) is 42.5 Å². The molecule has 0 saturated carbocycles. The highest BCUT2D eigenvalue weighted by atomic mass is 19.1. The number of nitrogens with one attached hydrogen (secondary N) is 1. The normalized spacial score (nSPS) is 18.0. The molecule has 3 aromatic rings. The number of rotatable bonds is 6. The number of amides is 2. The fraction of sp³-hybridized carbons (Fsp3) is 0.250. The molecule has 0 fully saturated rings. The summed E-state index contributed by atoms with van der Waals surface area (Å²) in [6.07, 6.45) is 5.03. The lowest BCUT2D eigenvalue weighted by molar-refractivity contribution is 0.0649. The molecule has 11 heteroatoms. The molecular formula is C28H25F3N4O4. The van der Waals surface area contributed by atoms with E-state index in [9.17, 15) is 27.6 Å². The first-order chi connectivity index (χ1) is 18.7. The summed E-state index contributed by atoms with van der Waals surface area (Å²) < 4.78 is 48.9. The summed E-state index contributed by atoms with van der Waals surface area (Å²) in [7, 11) is 0. The highest BCUT2D eigenvalue weighted by molar-refractivity contribution is 5.99. The third-order valence-corrected chi connectivity index (χ3v) is 6.82. The molecule has 1 N–H and O–H groups in total. The minimum absolute atomic E-state index is 0.0308. The first kappa shape index (κ1) is 26.1. The smallest absolute Gasteiger partial charge is 0.278 e. The summed E-state index contributed by atoms with van der Waals surface area (Å²) in [5, 5.41) is 4.12. The molecular weight excluding hydrogens is 513 g/mol. The topological polar surface area (TPSA) is 83.9 Å². The maximum Gasteiger partial charge on any atom is 0.278 e. The molecule has 1 aromatic heterocycles. The van der Waals surface area contributed by atoms with Gasteiger partial charge < -0.3 is 15.0 Å². The maximum absolute atomic E-state index is 14.1. The first-order valence-corrected chi connectivity index (χ1v) is 12.3. The van der Waals surface area contributed by atoms with Crippen molar-refractivity contribution in [2.45, 2.75) is 39.1 Å². The van der Waals surface area contributed by atoms with Gasteiger partial charge in [0, 0.05) is 36.5 Å². The van der Waals surface area contributed by atoms with Crippen molar-refractivity contribution < 1.29 is 27.5 Å². The molecule has 2 atom stereocenters. The second-order valence-electron chi connectivity index (χ2n) is 9.42. The lowest BCUT2D eigenvalue weighted by Gasteiger charge is -2.42. The maximum atomic E-state index is 14.1. The quantitative estimate of drug-likeness (QED) is 0.486. The molecule has 2 amide bonds. The molecule has 0 unspecified atom stereocenters. The molecule has 0 spiro atoms. The summed E-state index contributed by atoms with van der Waals surface area (Å²) in [5.74, 6) is -5.14. The van der Waals surface area contributed by atoms with Gasteiger partial charge >= 0.3 is 0 Å². The number of hydrogen-bond acceptors (Lipinski definition) is 5. The lowest BCUT2D eigenvalue weighted by Crippen LogP contribution is -2.57. The number of benzene rings is 2. The molecule has 2 aliphatic heterocycles. The van der Waals surface area contributed by atoms with E-state index in [1.165, 1.54) is 10.9 Å². The summed E-state index contributed by atoms with van der Waals surface area (Å²) in [6.45, 7) is 3.27. The van der Waals surface area contributed by atoms with Crippen LogP contribution in [0.4, 0.5) is 13.2 Å². The van der Waals surface area contributed by atoms with Gasteiger partial charge in [0.2, 0.25) is 5.43 Å². The molecule has 202 valence electrons. The molecule has 8 nitrogen and oxygen atoms in total. The van der Waals surface area contributed by atoms with Gasteiger partial charge in [-0.3, -0.25) is 24.1 Å². The van der Waals surface area contributed by atoms with E-state index < -0.39 is 46.8 Å². The minimum Gasteiger partial charge on any atom is -0.482 e. The van der Waals surface area contributed by atoms with Crippen LogP contribution in [0.5, 0.6) is 5.75 Å². The third kappa shape index (κ3) is 4.87. The van der Waals surface area contributed by atoms with E-state index in [2.05, 4.69) is 5.32 Å². The van der Waals surface area contributed by atoms with Crippen LogP contribution in [0.2, 0.25) is 0 Å². The van der Waals surface area contributed by atoms with Gasteiger partial charge in [0.15, 0.2) is 11.4 Å². The number of ether oxygens (including phenoxy) is 1. The van der Waals surface area contributed by atoms with Crippen LogP contribution in [-0.2, 0) is 13.2 Å².